The minimum atomic E-state index is 0.132. The molecule has 0 aliphatic heterocycles. The summed E-state index contributed by atoms with van der Waals surface area (Å²) in [4.78, 5) is 0.564. The van der Waals surface area contributed by atoms with Crippen molar-refractivity contribution in [2.24, 2.45) is 0 Å². The van der Waals surface area contributed by atoms with Gasteiger partial charge in [-0.15, -0.1) is 11.6 Å². The summed E-state index contributed by atoms with van der Waals surface area (Å²) in [6.07, 6.45) is 2.97. The second kappa shape index (κ2) is 4.26. The molecule has 0 saturated heterocycles. The third kappa shape index (κ3) is 3.05. The van der Waals surface area contributed by atoms with E-state index in [1.807, 2.05) is 13.0 Å². The van der Waals surface area contributed by atoms with E-state index in [1.165, 1.54) is 6.20 Å². The maximum absolute atomic E-state index is 10.7. The van der Waals surface area contributed by atoms with Crippen LogP contribution >= 0.6 is 11.6 Å². The first kappa shape index (κ1) is 9.26. The van der Waals surface area contributed by atoms with E-state index in [9.17, 15) is 5.21 Å². The van der Waals surface area contributed by atoms with Crippen LogP contribution < -0.4 is 4.85 Å². The van der Waals surface area contributed by atoms with Crippen molar-refractivity contribution in [1.82, 2.24) is 5.10 Å². The van der Waals surface area contributed by atoms with Crippen LogP contribution in [0.1, 0.15) is 19.0 Å². The van der Waals surface area contributed by atoms with E-state index in [1.54, 1.807) is 6.07 Å². The van der Waals surface area contributed by atoms with Gasteiger partial charge in [0, 0.05) is 16.5 Å². The molecule has 4 heteroatoms. The lowest BCUT2D eigenvalue weighted by Gasteiger charge is -2.00. The van der Waals surface area contributed by atoms with Crippen LogP contribution in [0.3, 0.4) is 0 Å². The molecule has 0 N–H and O–H groups in total. The molecule has 0 fully saturated rings. The fourth-order valence-electron chi connectivity index (χ4n) is 0.901. The largest absolute Gasteiger partial charge is 0.594 e. The van der Waals surface area contributed by atoms with E-state index < -0.39 is 0 Å². The predicted molar refractivity (Wildman–Crippen MR) is 46.8 cm³/mol. The van der Waals surface area contributed by atoms with Crippen LogP contribution in [-0.2, 0) is 6.42 Å². The Kier molecular flexibility index (Phi) is 3.29. The molecule has 0 bridgehead atoms. The van der Waals surface area contributed by atoms with Crippen LogP contribution in [0, 0.1) is 5.21 Å². The van der Waals surface area contributed by atoms with E-state index in [4.69, 9.17) is 11.6 Å². The van der Waals surface area contributed by atoms with E-state index in [-0.39, 0.29) is 5.38 Å². The molecule has 3 nitrogen and oxygen atoms in total. The molecule has 12 heavy (non-hydrogen) atoms. The van der Waals surface area contributed by atoms with Crippen LogP contribution in [0.4, 0.5) is 0 Å². The lowest BCUT2D eigenvalue weighted by Crippen LogP contribution is -2.31. The molecule has 0 saturated carbocycles. The second-order valence-electron chi connectivity index (χ2n) is 2.72. The number of nitrogens with zero attached hydrogens (tertiary/aromatic N) is 2. The van der Waals surface area contributed by atoms with Gasteiger partial charge in [-0.25, -0.2) is 0 Å². The summed E-state index contributed by atoms with van der Waals surface area (Å²) in [5.74, 6) is 0. The van der Waals surface area contributed by atoms with Crippen molar-refractivity contribution in [1.29, 1.82) is 0 Å². The number of rotatable bonds is 3. The van der Waals surface area contributed by atoms with E-state index in [0.717, 1.165) is 18.5 Å². The summed E-state index contributed by atoms with van der Waals surface area (Å²) in [7, 11) is 0. The van der Waals surface area contributed by atoms with Gasteiger partial charge >= 0.3 is 0 Å². The molecule has 1 aromatic heterocycles. The van der Waals surface area contributed by atoms with Gasteiger partial charge in [-0.05, 0) is 25.8 Å². The Morgan fingerprint density at radius 2 is 2.50 bits per heavy atom. The van der Waals surface area contributed by atoms with Crippen LogP contribution in [0.15, 0.2) is 18.3 Å². The summed E-state index contributed by atoms with van der Waals surface area (Å²) in [5.41, 5.74) is 0.792. The zero-order valence-electron chi connectivity index (χ0n) is 6.90. The summed E-state index contributed by atoms with van der Waals surface area (Å²) in [5, 5.41) is 14.6. The van der Waals surface area contributed by atoms with Gasteiger partial charge in [0.25, 0.3) is 0 Å². The Bertz CT molecular complexity index is 253. The van der Waals surface area contributed by atoms with Gasteiger partial charge in [0.1, 0.15) is 5.69 Å². The third-order valence-corrected chi connectivity index (χ3v) is 1.75. The average molecular weight is 187 g/mol. The second-order valence-corrected chi connectivity index (χ2v) is 3.47. The number of hydrogen-bond donors (Lipinski definition) is 0. The predicted octanol–water partition coefficient (Wildman–Crippen LogP) is 1.27. The SMILES string of the molecule is CC(Cl)CCc1ccc[n+]([O-])n1. The van der Waals surface area contributed by atoms with E-state index >= 15 is 0 Å². The van der Waals surface area contributed by atoms with Gasteiger partial charge in [0.2, 0.25) is 6.20 Å². The maximum atomic E-state index is 10.7. The molecule has 1 unspecified atom stereocenters. The highest BCUT2D eigenvalue weighted by molar-refractivity contribution is 6.20. The molecule has 1 rings (SSSR count). The zero-order valence-corrected chi connectivity index (χ0v) is 7.66. The molecule has 0 aromatic carbocycles. The molecule has 0 aliphatic carbocycles. The lowest BCUT2D eigenvalue weighted by molar-refractivity contribution is -0.670. The molecule has 0 amide bonds. The minimum Gasteiger partial charge on any atom is -0.594 e. The fraction of sp³-hybridized carbons (Fsp3) is 0.500. The van der Waals surface area contributed by atoms with Crippen molar-refractivity contribution in [3.63, 3.8) is 0 Å². The molecule has 0 aliphatic rings. The molecule has 1 aromatic rings. The topological polar surface area (TPSA) is 39.8 Å². The number of hydrogen-bond acceptors (Lipinski definition) is 2. The highest BCUT2D eigenvalue weighted by Gasteiger charge is 2.01. The summed E-state index contributed by atoms with van der Waals surface area (Å²) < 4.78 is 0. The van der Waals surface area contributed by atoms with Gasteiger partial charge in [-0.2, -0.15) is 0 Å². The molecule has 1 atom stereocenters. The van der Waals surface area contributed by atoms with Crippen LogP contribution in [-0.4, -0.2) is 10.5 Å². The van der Waals surface area contributed by atoms with Crippen molar-refractivity contribution >= 4 is 11.6 Å². The zero-order chi connectivity index (χ0) is 8.97. The van der Waals surface area contributed by atoms with Crippen LogP contribution in [0.5, 0.6) is 0 Å². The molecule has 1 heterocycles. The van der Waals surface area contributed by atoms with Gasteiger partial charge < -0.3 is 5.21 Å². The average Bonchev–Trinajstić information content (AvgIpc) is 2.01. The first-order valence-corrected chi connectivity index (χ1v) is 4.31. The smallest absolute Gasteiger partial charge is 0.209 e. The first-order chi connectivity index (χ1) is 5.68. The number of aromatic nitrogens is 2. The maximum Gasteiger partial charge on any atom is 0.209 e. The molecular weight excluding hydrogens is 176 g/mol. The van der Waals surface area contributed by atoms with E-state index in [0.29, 0.717) is 4.85 Å². The number of aryl methyl sites for hydroxylation is 1. The Balaban J connectivity index is 2.52. The van der Waals surface area contributed by atoms with E-state index in [2.05, 4.69) is 5.10 Å². The monoisotopic (exact) mass is 186 g/mol. The van der Waals surface area contributed by atoms with Crippen molar-refractivity contribution in [3.8, 4) is 0 Å². The van der Waals surface area contributed by atoms with Gasteiger partial charge in [0.15, 0.2) is 0 Å². The van der Waals surface area contributed by atoms with Crippen molar-refractivity contribution in [3.05, 3.63) is 29.2 Å². The van der Waals surface area contributed by atoms with Gasteiger partial charge in [0.05, 0.1) is 0 Å². The summed E-state index contributed by atoms with van der Waals surface area (Å²) in [6.45, 7) is 1.93. The number of halogens is 1. The van der Waals surface area contributed by atoms with Crippen molar-refractivity contribution < 1.29 is 4.85 Å². The molecular formula is C8H11ClN2O. The third-order valence-electron chi connectivity index (χ3n) is 1.53. The van der Waals surface area contributed by atoms with Crippen LogP contribution in [0.25, 0.3) is 0 Å². The minimum absolute atomic E-state index is 0.132. The Labute approximate surface area is 76.6 Å². The van der Waals surface area contributed by atoms with Gasteiger partial charge in [-0.1, -0.05) is 4.85 Å². The number of alkyl halides is 1. The van der Waals surface area contributed by atoms with Crippen molar-refractivity contribution in [2.75, 3.05) is 0 Å². The van der Waals surface area contributed by atoms with Gasteiger partial charge in [-0.3, -0.25) is 0 Å². The fourth-order valence-corrected chi connectivity index (χ4v) is 1.01. The standard InChI is InChI=1S/C8H11ClN2O/c1-7(9)4-5-8-3-2-6-11(12)10-8/h2-3,6-7H,4-5H2,1H3. The van der Waals surface area contributed by atoms with Crippen LogP contribution in [0.2, 0.25) is 0 Å². The highest BCUT2D eigenvalue weighted by Crippen LogP contribution is 2.04. The normalized spacial score (nSPS) is 12.8. The Hall–Kier alpha value is -0.830. The van der Waals surface area contributed by atoms with Crippen molar-refractivity contribution in [2.45, 2.75) is 25.1 Å². The summed E-state index contributed by atoms with van der Waals surface area (Å²) in [6, 6.07) is 3.52. The quantitative estimate of drug-likeness (QED) is 0.405. The Morgan fingerprint density at radius 1 is 1.75 bits per heavy atom. The Morgan fingerprint density at radius 3 is 3.08 bits per heavy atom. The molecule has 0 spiro atoms. The summed E-state index contributed by atoms with van der Waals surface area (Å²) >= 11 is 5.75. The molecule has 66 valence electrons. The molecule has 0 radical (unpaired) electrons. The lowest BCUT2D eigenvalue weighted by atomic mass is 10.2. The first-order valence-electron chi connectivity index (χ1n) is 3.88. The highest BCUT2D eigenvalue weighted by atomic mass is 35.5.